The summed E-state index contributed by atoms with van der Waals surface area (Å²) in [4.78, 5) is 31.2. The van der Waals surface area contributed by atoms with Crippen LogP contribution in [0.2, 0.25) is 0 Å². The summed E-state index contributed by atoms with van der Waals surface area (Å²) in [7, 11) is 0. The number of amides is 2. The number of aryl methyl sites for hydroxylation is 2. The summed E-state index contributed by atoms with van der Waals surface area (Å²) in [6.45, 7) is 5.84. The summed E-state index contributed by atoms with van der Waals surface area (Å²) in [6, 6.07) is 13.5. The van der Waals surface area contributed by atoms with Gasteiger partial charge >= 0.3 is 0 Å². The van der Waals surface area contributed by atoms with Crippen LogP contribution in [0.15, 0.2) is 42.5 Å². The molecule has 7 heteroatoms. The van der Waals surface area contributed by atoms with Crippen molar-refractivity contribution >= 4 is 28.4 Å². The number of ether oxygens (including phenoxy) is 1. The van der Waals surface area contributed by atoms with Crippen LogP contribution < -0.4 is 10.6 Å². The molecule has 1 aromatic heterocycles. The molecule has 3 aliphatic heterocycles. The lowest BCUT2D eigenvalue weighted by molar-refractivity contribution is -0.0393. The number of likely N-dealkylation sites (tertiary alicyclic amines) is 1. The van der Waals surface area contributed by atoms with E-state index < -0.39 is 5.66 Å². The topological polar surface area (TPSA) is 86.5 Å². The van der Waals surface area contributed by atoms with Crippen LogP contribution in [0.1, 0.15) is 51.2 Å². The van der Waals surface area contributed by atoms with Crippen LogP contribution in [0, 0.1) is 13.8 Å². The minimum Gasteiger partial charge on any atom is -0.370 e. The molecule has 0 saturated carbocycles. The van der Waals surface area contributed by atoms with Crippen molar-refractivity contribution in [1.29, 1.82) is 0 Å². The number of anilines is 1. The summed E-state index contributed by atoms with van der Waals surface area (Å²) in [5.74, 6) is -0.000900. The third kappa shape index (κ3) is 3.22. The number of nitrogens with one attached hydrogen (secondary N) is 3. The maximum absolute atomic E-state index is 13.2. The Morgan fingerprint density at radius 3 is 2.67 bits per heavy atom. The molecule has 4 heterocycles. The van der Waals surface area contributed by atoms with Gasteiger partial charge < -0.3 is 25.3 Å². The zero-order valence-corrected chi connectivity index (χ0v) is 19.0. The van der Waals surface area contributed by atoms with Crippen molar-refractivity contribution in [3.05, 3.63) is 64.8 Å². The Morgan fingerprint density at radius 2 is 1.85 bits per heavy atom. The van der Waals surface area contributed by atoms with Crippen molar-refractivity contribution in [2.45, 2.75) is 44.4 Å². The van der Waals surface area contributed by atoms with Gasteiger partial charge in [-0.15, -0.1) is 0 Å². The molecule has 1 atom stereocenters. The van der Waals surface area contributed by atoms with E-state index in [9.17, 15) is 9.59 Å². The highest BCUT2D eigenvalue weighted by molar-refractivity contribution is 6.02. The van der Waals surface area contributed by atoms with E-state index in [0.717, 1.165) is 40.7 Å². The SMILES string of the molecule is Cc1[nH]c2ccc(C(=O)N3CCC4(CC3)CC3(CO4)NC(=O)c4ccccc4N3)cc2c1C. The number of rotatable bonds is 1. The Kier molecular flexibility index (Phi) is 4.36. The molecule has 2 aromatic carbocycles. The predicted octanol–water partition coefficient (Wildman–Crippen LogP) is 3.73. The molecule has 1 unspecified atom stereocenters. The first kappa shape index (κ1) is 20.3. The van der Waals surface area contributed by atoms with E-state index in [-0.39, 0.29) is 17.4 Å². The molecule has 2 fully saturated rings. The van der Waals surface area contributed by atoms with Crippen molar-refractivity contribution < 1.29 is 14.3 Å². The number of carbonyl (C=O) groups is 2. The minimum atomic E-state index is -0.591. The quantitative estimate of drug-likeness (QED) is 0.534. The van der Waals surface area contributed by atoms with Gasteiger partial charge in [0.1, 0.15) is 5.66 Å². The van der Waals surface area contributed by atoms with Crippen LogP contribution in [-0.4, -0.2) is 52.7 Å². The first-order chi connectivity index (χ1) is 15.9. The van der Waals surface area contributed by atoms with E-state index in [2.05, 4.69) is 29.5 Å². The fraction of sp³-hybridized carbons (Fsp3) is 0.385. The van der Waals surface area contributed by atoms with Gasteiger partial charge in [0.05, 0.1) is 17.8 Å². The van der Waals surface area contributed by atoms with Gasteiger partial charge in [-0.05, 0) is 62.6 Å². The maximum atomic E-state index is 13.2. The van der Waals surface area contributed by atoms with Crippen molar-refractivity contribution in [2.75, 3.05) is 25.0 Å². The highest BCUT2D eigenvalue weighted by atomic mass is 16.5. The molecule has 0 bridgehead atoms. The van der Waals surface area contributed by atoms with Gasteiger partial charge in [-0.25, -0.2) is 0 Å². The minimum absolute atomic E-state index is 0.0655. The van der Waals surface area contributed by atoms with Gasteiger partial charge in [0, 0.05) is 47.4 Å². The highest BCUT2D eigenvalue weighted by Gasteiger charge is 2.53. The van der Waals surface area contributed by atoms with Gasteiger partial charge in [0.25, 0.3) is 11.8 Å². The Labute approximate surface area is 192 Å². The normalized spacial score (nSPS) is 23.6. The third-order valence-corrected chi connectivity index (χ3v) is 7.66. The van der Waals surface area contributed by atoms with Gasteiger partial charge in [-0.3, -0.25) is 9.59 Å². The van der Waals surface area contributed by atoms with Gasteiger partial charge in [-0.2, -0.15) is 0 Å². The number of nitrogens with zero attached hydrogens (tertiary/aromatic N) is 1. The van der Waals surface area contributed by atoms with Gasteiger partial charge in [-0.1, -0.05) is 12.1 Å². The van der Waals surface area contributed by atoms with E-state index in [1.807, 2.05) is 47.4 Å². The second kappa shape index (κ2) is 7.09. The Bertz CT molecular complexity index is 1290. The predicted molar refractivity (Wildman–Crippen MR) is 126 cm³/mol. The van der Waals surface area contributed by atoms with Crippen molar-refractivity contribution in [1.82, 2.24) is 15.2 Å². The zero-order chi connectivity index (χ0) is 22.8. The van der Waals surface area contributed by atoms with E-state index >= 15 is 0 Å². The number of H-pyrrole nitrogens is 1. The monoisotopic (exact) mass is 444 g/mol. The van der Waals surface area contributed by atoms with Gasteiger partial charge in [0.2, 0.25) is 0 Å². The summed E-state index contributed by atoms with van der Waals surface area (Å²) in [6.07, 6.45) is 2.20. The molecule has 0 radical (unpaired) electrons. The smallest absolute Gasteiger partial charge is 0.255 e. The maximum Gasteiger partial charge on any atom is 0.255 e. The number of hydrogen-bond donors (Lipinski definition) is 3. The van der Waals surface area contributed by atoms with E-state index in [1.54, 1.807) is 0 Å². The van der Waals surface area contributed by atoms with Crippen molar-refractivity contribution in [2.24, 2.45) is 0 Å². The zero-order valence-electron chi connectivity index (χ0n) is 19.0. The van der Waals surface area contributed by atoms with Crippen molar-refractivity contribution in [3.8, 4) is 0 Å². The summed E-state index contributed by atoms with van der Waals surface area (Å²) in [5.41, 5.74) is 4.69. The number of fused-ring (bicyclic) bond motifs is 2. The van der Waals surface area contributed by atoms with Crippen LogP contribution in [0.3, 0.4) is 0 Å². The van der Waals surface area contributed by atoms with Gasteiger partial charge in [0.15, 0.2) is 0 Å². The van der Waals surface area contributed by atoms with Crippen molar-refractivity contribution in [3.63, 3.8) is 0 Å². The highest BCUT2D eigenvalue weighted by Crippen LogP contribution is 2.43. The molecule has 2 amide bonds. The molecule has 0 aliphatic carbocycles. The second-order valence-corrected chi connectivity index (χ2v) is 9.78. The number of para-hydroxylation sites is 1. The summed E-state index contributed by atoms with van der Waals surface area (Å²) >= 11 is 0. The standard InChI is InChI=1S/C26H28N4O3/c1-16-17(2)27-21-8-7-18(13-20(16)21)24(32)30-11-9-25(10-12-30)14-26(15-33-25)28-22-6-4-3-5-19(22)23(31)29-26/h3-8,13,27-28H,9-12,14-15H2,1-2H3,(H,29,31). The molecule has 2 saturated heterocycles. The number of aromatic nitrogens is 1. The Morgan fingerprint density at radius 1 is 1.06 bits per heavy atom. The fourth-order valence-corrected chi connectivity index (χ4v) is 5.67. The van der Waals surface area contributed by atoms with E-state index in [1.165, 1.54) is 5.56 Å². The molecule has 6 rings (SSSR count). The molecule has 2 spiro atoms. The largest absolute Gasteiger partial charge is 0.370 e. The summed E-state index contributed by atoms with van der Waals surface area (Å²) in [5, 5.41) is 7.77. The van der Waals surface area contributed by atoms with E-state index in [0.29, 0.717) is 31.7 Å². The molecule has 7 nitrogen and oxygen atoms in total. The average molecular weight is 445 g/mol. The molecule has 3 aromatic rings. The molecule has 3 N–H and O–H groups in total. The van der Waals surface area contributed by atoms with Crippen LogP contribution in [0.4, 0.5) is 5.69 Å². The van der Waals surface area contributed by atoms with Crippen LogP contribution >= 0.6 is 0 Å². The third-order valence-electron chi connectivity index (χ3n) is 7.66. The first-order valence-electron chi connectivity index (χ1n) is 11.6. The number of piperidine rings is 1. The molecule has 170 valence electrons. The van der Waals surface area contributed by atoms with Crippen LogP contribution in [0.5, 0.6) is 0 Å². The summed E-state index contributed by atoms with van der Waals surface area (Å²) < 4.78 is 6.33. The molecule has 3 aliphatic rings. The fourth-order valence-electron chi connectivity index (χ4n) is 5.67. The van der Waals surface area contributed by atoms with E-state index in [4.69, 9.17) is 4.74 Å². The number of hydrogen-bond acceptors (Lipinski definition) is 4. The molecular weight excluding hydrogens is 416 g/mol. The Balaban J connectivity index is 1.16. The first-order valence-corrected chi connectivity index (χ1v) is 11.6. The lowest BCUT2D eigenvalue weighted by Crippen LogP contribution is -2.59. The number of benzene rings is 2. The second-order valence-electron chi connectivity index (χ2n) is 9.78. The number of aromatic amines is 1. The van der Waals surface area contributed by atoms with Crippen LogP contribution in [-0.2, 0) is 4.74 Å². The number of carbonyl (C=O) groups excluding carboxylic acids is 2. The lowest BCUT2D eigenvalue weighted by atomic mass is 9.84. The Hall–Kier alpha value is -3.32. The molecule has 33 heavy (non-hydrogen) atoms. The lowest BCUT2D eigenvalue weighted by Gasteiger charge is -2.41. The average Bonchev–Trinajstić information content (AvgIpc) is 3.30. The molecular formula is C26H28N4O3. The van der Waals surface area contributed by atoms with Crippen LogP contribution in [0.25, 0.3) is 10.9 Å².